The van der Waals surface area contributed by atoms with Crippen LogP contribution in [-0.2, 0) is 0 Å². The van der Waals surface area contributed by atoms with Crippen molar-refractivity contribution in [2.75, 3.05) is 0 Å². The Kier molecular flexibility index (Phi) is 4.04. The molecule has 0 saturated carbocycles. The van der Waals surface area contributed by atoms with Crippen LogP contribution in [0.5, 0.6) is 11.5 Å². The van der Waals surface area contributed by atoms with Gasteiger partial charge >= 0.3 is 5.97 Å². The van der Waals surface area contributed by atoms with E-state index in [0.29, 0.717) is 0 Å². The topological polar surface area (TPSA) is 89.7 Å². The molecule has 2 aromatic carbocycles. The number of hydrogen-bond donors (Lipinski definition) is 1. The second-order valence-corrected chi connectivity index (χ2v) is 4.33. The van der Waals surface area contributed by atoms with Gasteiger partial charge in [0.05, 0.1) is 9.95 Å². The van der Waals surface area contributed by atoms with E-state index in [9.17, 15) is 19.3 Å². The van der Waals surface area contributed by atoms with Gasteiger partial charge in [-0.1, -0.05) is 11.6 Å². The van der Waals surface area contributed by atoms with E-state index >= 15 is 0 Å². The Morgan fingerprint density at radius 2 is 2.00 bits per heavy atom. The fraction of sp³-hybridized carbons (Fsp3) is 0. The lowest BCUT2D eigenvalue weighted by atomic mass is 10.2. The Balaban J connectivity index is 2.41. The number of nitro groups is 1. The number of hydrogen-bond acceptors (Lipinski definition) is 4. The van der Waals surface area contributed by atoms with Crippen LogP contribution in [0.15, 0.2) is 36.4 Å². The number of non-ortho nitro benzene ring substituents is 1. The van der Waals surface area contributed by atoms with Crippen molar-refractivity contribution in [1.82, 2.24) is 0 Å². The number of aromatic carboxylic acids is 1. The largest absolute Gasteiger partial charge is 0.478 e. The molecule has 0 aliphatic heterocycles. The molecule has 0 fully saturated rings. The minimum atomic E-state index is -1.40. The van der Waals surface area contributed by atoms with Gasteiger partial charge in [0.2, 0.25) is 0 Å². The smallest absolute Gasteiger partial charge is 0.339 e. The van der Waals surface area contributed by atoms with Crippen LogP contribution in [0.1, 0.15) is 10.4 Å². The van der Waals surface area contributed by atoms with Crippen LogP contribution < -0.4 is 4.74 Å². The fourth-order valence-electron chi connectivity index (χ4n) is 1.55. The normalized spacial score (nSPS) is 10.2. The first-order valence-electron chi connectivity index (χ1n) is 5.53. The first kappa shape index (κ1) is 14.7. The number of carboxylic acid groups (broad SMARTS) is 1. The molecular formula is C13H7ClFNO5. The number of nitrogens with zero attached hydrogens (tertiary/aromatic N) is 1. The maximum atomic E-state index is 13.3. The van der Waals surface area contributed by atoms with Crippen LogP contribution in [0.3, 0.4) is 0 Å². The zero-order chi connectivity index (χ0) is 15.6. The van der Waals surface area contributed by atoms with Crippen LogP contribution in [-0.4, -0.2) is 16.0 Å². The van der Waals surface area contributed by atoms with Crippen molar-refractivity contribution >= 4 is 23.3 Å². The third kappa shape index (κ3) is 3.26. The van der Waals surface area contributed by atoms with Gasteiger partial charge in [0, 0.05) is 18.2 Å². The van der Waals surface area contributed by atoms with Crippen molar-refractivity contribution < 1.29 is 24.0 Å². The van der Waals surface area contributed by atoms with Crippen LogP contribution in [0.25, 0.3) is 0 Å². The molecule has 0 aromatic heterocycles. The molecule has 0 saturated heterocycles. The summed E-state index contributed by atoms with van der Waals surface area (Å²) in [5.41, 5.74) is -0.790. The molecule has 0 amide bonds. The van der Waals surface area contributed by atoms with E-state index in [1.807, 2.05) is 0 Å². The van der Waals surface area contributed by atoms with Crippen molar-refractivity contribution in [2.24, 2.45) is 0 Å². The summed E-state index contributed by atoms with van der Waals surface area (Å²) in [5, 5.41) is 19.6. The second kappa shape index (κ2) is 5.76. The van der Waals surface area contributed by atoms with Gasteiger partial charge in [-0.15, -0.1) is 0 Å². The van der Waals surface area contributed by atoms with Crippen molar-refractivity contribution in [3.8, 4) is 11.5 Å². The Bertz CT molecular complexity index is 734. The Morgan fingerprint density at radius 1 is 1.29 bits per heavy atom. The Labute approximate surface area is 122 Å². The van der Waals surface area contributed by atoms with E-state index in [2.05, 4.69) is 0 Å². The van der Waals surface area contributed by atoms with Crippen LogP contribution >= 0.6 is 11.6 Å². The first-order valence-corrected chi connectivity index (χ1v) is 5.91. The lowest BCUT2D eigenvalue weighted by Gasteiger charge is -2.09. The van der Waals surface area contributed by atoms with Crippen LogP contribution in [0, 0.1) is 15.9 Å². The van der Waals surface area contributed by atoms with Gasteiger partial charge in [0.25, 0.3) is 5.69 Å². The predicted molar refractivity (Wildman–Crippen MR) is 71.5 cm³/mol. The van der Waals surface area contributed by atoms with Crippen molar-refractivity contribution in [3.63, 3.8) is 0 Å². The van der Waals surface area contributed by atoms with Gasteiger partial charge in [-0.05, 0) is 18.2 Å². The second-order valence-electron chi connectivity index (χ2n) is 3.92. The number of rotatable bonds is 4. The molecule has 21 heavy (non-hydrogen) atoms. The van der Waals surface area contributed by atoms with Crippen LogP contribution in [0.2, 0.25) is 5.02 Å². The van der Waals surface area contributed by atoms with Gasteiger partial charge in [-0.3, -0.25) is 10.1 Å². The minimum absolute atomic E-state index is 0.0215. The molecule has 0 atom stereocenters. The first-order chi connectivity index (χ1) is 9.88. The molecule has 0 radical (unpaired) electrons. The molecule has 108 valence electrons. The average molecular weight is 312 g/mol. The molecule has 6 nitrogen and oxygen atoms in total. The lowest BCUT2D eigenvalue weighted by Crippen LogP contribution is -2.01. The summed E-state index contributed by atoms with van der Waals surface area (Å²) in [5.74, 6) is -2.25. The molecule has 2 aromatic rings. The highest BCUT2D eigenvalue weighted by Gasteiger charge is 2.18. The summed E-state index contributed by atoms with van der Waals surface area (Å²) in [6, 6.07) is 6.66. The summed E-state index contributed by atoms with van der Waals surface area (Å²) in [7, 11) is 0. The Hall–Kier alpha value is -2.67. The molecule has 2 rings (SSSR count). The summed E-state index contributed by atoms with van der Waals surface area (Å²) in [4.78, 5) is 21.0. The van der Waals surface area contributed by atoms with Gasteiger partial charge < -0.3 is 9.84 Å². The molecule has 0 aliphatic carbocycles. The van der Waals surface area contributed by atoms with E-state index in [0.717, 1.165) is 24.3 Å². The molecule has 8 heteroatoms. The minimum Gasteiger partial charge on any atom is -0.478 e. The van der Waals surface area contributed by atoms with Gasteiger partial charge in [0.1, 0.15) is 22.9 Å². The summed E-state index contributed by atoms with van der Waals surface area (Å²) >= 11 is 5.52. The van der Waals surface area contributed by atoms with Gasteiger partial charge in [-0.25, -0.2) is 9.18 Å². The summed E-state index contributed by atoms with van der Waals surface area (Å²) in [6.07, 6.45) is 0. The van der Waals surface area contributed by atoms with E-state index < -0.39 is 22.3 Å². The summed E-state index contributed by atoms with van der Waals surface area (Å²) < 4.78 is 18.5. The molecule has 0 aliphatic rings. The molecule has 0 spiro atoms. The van der Waals surface area contributed by atoms with Gasteiger partial charge in [-0.2, -0.15) is 0 Å². The number of nitro benzene ring substituents is 1. The zero-order valence-electron chi connectivity index (χ0n) is 10.2. The van der Waals surface area contributed by atoms with Crippen molar-refractivity contribution in [2.45, 2.75) is 0 Å². The van der Waals surface area contributed by atoms with Crippen molar-refractivity contribution in [3.05, 3.63) is 62.9 Å². The monoisotopic (exact) mass is 311 g/mol. The van der Waals surface area contributed by atoms with Crippen LogP contribution in [0.4, 0.5) is 10.1 Å². The molecule has 0 heterocycles. The average Bonchev–Trinajstić information content (AvgIpc) is 2.43. The van der Waals surface area contributed by atoms with E-state index in [1.165, 1.54) is 12.1 Å². The molecular weight excluding hydrogens is 305 g/mol. The molecule has 0 unspecified atom stereocenters. The number of halogens is 2. The number of carboxylic acids is 1. The van der Waals surface area contributed by atoms with Gasteiger partial charge in [0.15, 0.2) is 0 Å². The maximum absolute atomic E-state index is 13.3. The fourth-order valence-corrected chi connectivity index (χ4v) is 1.67. The summed E-state index contributed by atoms with van der Waals surface area (Å²) in [6.45, 7) is 0. The van der Waals surface area contributed by atoms with Crippen molar-refractivity contribution in [1.29, 1.82) is 0 Å². The predicted octanol–water partition coefficient (Wildman–Crippen LogP) is 3.88. The molecule has 0 bridgehead atoms. The number of carbonyl (C=O) groups is 1. The highest BCUT2D eigenvalue weighted by Crippen LogP contribution is 2.30. The maximum Gasteiger partial charge on any atom is 0.339 e. The SMILES string of the molecule is O=C(O)c1cc([N+](=O)[O-])ccc1Oc1ccc(Cl)c(F)c1. The van der Waals surface area contributed by atoms with E-state index in [-0.39, 0.29) is 22.2 Å². The highest BCUT2D eigenvalue weighted by molar-refractivity contribution is 6.30. The van der Waals surface area contributed by atoms with E-state index in [4.69, 9.17) is 21.4 Å². The Morgan fingerprint density at radius 3 is 2.57 bits per heavy atom. The van der Waals surface area contributed by atoms with E-state index in [1.54, 1.807) is 0 Å². The lowest BCUT2D eigenvalue weighted by molar-refractivity contribution is -0.384. The highest BCUT2D eigenvalue weighted by atomic mass is 35.5. The molecule has 1 N–H and O–H groups in total. The number of benzene rings is 2. The number of ether oxygens (including phenoxy) is 1. The standard InChI is InChI=1S/C13H7ClFNO5/c14-10-3-2-8(6-11(10)15)21-12-4-1-7(16(19)20)5-9(12)13(17)18/h1-6H,(H,17,18). The quantitative estimate of drug-likeness (QED) is 0.683. The zero-order valence-corrected chi connectivity index (χ0v) is 11.0. The third-order valence-corrected chi connectivity index (χ3v) is 2.83. The third-order valence-electron chi connectivity index (χ3n) is 2.52.